The summed E-state index contributed by atoms with van der Waals surface area (Å²) in [6.07, 6.45) is 3.75. The molecule has 4 N–H and O–H groups in total. The number of piperidine rings is 1. The molecule has 16 heavy (non-hydrogen) atoms. The third-order valence-electron chi connectivity index (χ3n) is 3.40. The van der Waals surface area contributed by atoms with Crippen molar-refractivity contribution >= 4 is 5.84 Å². The highest BCUT2D eigenvalue weighted by Crippen LogP contribution is 2.18. The Balaban J connectivity index is 2.11. The normalized spacial score (nSPS) is 22.2. The number of nitrogens with two attached hydrogens (primary N) is 1. The number of hydrogen-bond acceptors (Lipinski definition) is 4. The minimum atomic E-state index is -0.0451. The Kier molecular flexibility index (Phi) is 5.55. The maximum atomic E-state index is 8.50. The molecule has 0 spiro atoms. The van der Waals surface area contributed by atoms with E-state index in [0.29, 0.717) is 0 Å². The Labute approximate surface area is 97.7 Å². The van der Waals surface area contributed by atoms with Gasteiger partial charge in [0.15, 0.2) is 5.84 Å². The molecule has 1 saturated heterocycles. The zero-order valence-corrected chi connectivity index (χ0v) is 10.3. The van der Waals surface area contributed by atoms with Crippen molar-refractivity contribution in [1.82, 2.24) is 10.2 Å². The summed E-state index contributed by atoms with van der Waals surface area (Å²) in [6.45, 7) is 5.26. The van der Waals surface area contributed by atoms with E-state index in [2.05, 4.69) is 22.4 Å². The van der Waals surface area contributed by atoms with Crippen molar-refractivity contribution in [3.8, 4) is 0 Å². The Bertz CT molecular complexity index is 224. The smallest absolute Gasteiger partial charge is 0.156 e. The van der Waals surface area contributed by atoms with Crippen LogP contribution in [0.5, 0.6) is 0 Å². The van der Waals surface area contributed by atoms with Crippen molar-refractivity contribution in [2.24, 2.45) is 16.8 Å². The molecule has 1 rings (SSSR count). The van der Waals surface area contributed by atoms with E-state index in [0.717, 1.165) is 12.5 Å². The van der Waals surface area contributed by atoms with Gasteiger partial charge < -0.3 is 21.2 Å². The van der Waals surface area contributed by atoms with E-state index in [4.69, 9.17) is 10.9 Å². The highest BCUT2D eigenvalue weighted by Gasteiger charge is 2.16. The molecule has 5 heteroatoms. The van der Waals surface area contributed by atoms with Crippen molar-refractivity contribution in [3.63, 3.8) is 0 Å². The van der Waals surface area contributed by atoms with Crippen molar-refractivity contribution in [2.45, 2.75) is 32.2 Å². The van der Waals surface area contributed by atoms with E-state index in [1.54, 1.807) is 0 Å². The van der Waals surface area contributed by atoms with Crippen LogP contribution < -0.4 is 11.1 Å². The second-order valence-corrected chi connectivity index (χ2v) is 4.74. The number of oxime groups is 1. The molecule has 0 radical (unpaired) electrons. The number of likely N-dealkylation sites (tertiary alicyclic amines) is 1. The Hall–Kier alpha value is -0.810. The molecule has 1 aliphatic heterocycles. The molecule has 0 aromatic rings. The summed E-state index contributed by atoms with van der Waals surface area (Å²) >= 11 is 0. The van der Waals surface area contributed by atoms with Gasteiger partial charge in [-0.05, 0) is 58.8 Å². The van der Waals surface area contributed by atoms with Crippen LogP contribution in [0.25, 0.3) is 0 Å². The van der Waals surface area contributed by atoms with E-state index >= 15 is 0 Å². The van der Waals surface area contributed by atoms with Gasteiger partial charge >= 0.3 is 0 Å². The lowest BCUT2D eigenvalue weighted by atomic mass is 9.94. The van der Waals surface area contributed by atoms with Crippen molar-refractivity contribution < 1.29 is 5.21 Å². The van der Waals surface area contributed by atoms with E-state index in [1.165, 1.54) is 32.4 Å². The van der Waals surface area contributed by atoms with Crippen molar-refractivity contribution in [2.75, 3.05) is 26.7 Å². The SMILES string of the molecule is CC(NCCC1CCN(C)CC1)C(N)=NO. The van der Waals surface area contributed by atoms with Crippen LogP contribution in [-0.2, 0) is 0 Å². The second kappa shape index (κ2) is 6.70. The molecule has 1 unspecified atom stereocenters. The molecule has 94 valence electrons. The van der Waals surface area contributed by atoms with Gasteiger partial charge in [-0.1, -0.05) is 5.16 Å². The number of rotatable bonds is 5. The molecule has 0 aliphatic carbocycles. The standard InChI is InChI=1S/C11H24N4O/c1-9(11(12)14-16)13-6-3-10-4-7-15(2)8-5-10/h9-10,13,16H,3-8H2,1-2H3,(H2,12,14). The molecule has 1 aliphatic rings. The first-order valence-corrected chi connectivity index (χ1v) is 6.02. The first-order chi connectivity index (χ1) is 7.63. The quantitative estimate of drug-likeness (QED) is 0.276. The molecule has 1 fully saturated rings. The van der Waals surface area contributed by atoms with E-state index in [-0.39, 0.29) is 11.9 Å². The fraction of sp³-hybridized carbons (Fsp3) is 0.909. The molecule has 1 atom stereocenters. The summed E-state index contributed by atoms with van der Waals surface area (Å²) in [5, 5.41) is 14.8. The molecule has 0 amide bonds. The Morgan fingerprint density at radius 3 is 2.75 bits per heavy atom. The number of amidine groups is 1. The number of hydrogen-bond donors (Lipinski definition) is 3. The summed E-state index contributed by atoms with van der Waals surface area (Å²) in [7, 11) is 2.18. The van der Waals surface area contributed by atoms with Gasteiger partial charge in [0.05, 0.1) is 6.04 Å². The van der Waals surface area contributed by atoms with Gasteiger partial charge in [0.25, 0.3) is 0 Å². The highest BCUT2D eigenvalue weighted by atomic mass is 16.4. The molecular weight excluding hydrogens is 204 g/mol. The molecule has 0 saturated carbocycles. The predicted octanol–water partition coefficient (Wildman–Crippen LogP) is 0.443. The lowest BCUT2D eigenvalue weighted by Crippen LogP contribution is -2.40. The maximum absolute atomic E-state index is 8.50. The van der Waals surface area contributed by atoms with E-state index in [1.807, 2.05) is 6.92 Å². The lowest BCUT2D eigenvalue weighted by Gasteiger charge is -2.29. The molecule has 5 nitrogen and oxygen atoms in total. The monoisotopic (exact) mass is 228 g/mol. The molecule has 1 heterocycles. The summed E-state index contributed by atoms with van der Waals surface area (Å²) < 4.78 is 0. The molecular formula is C11H24N4O. The van der Waals surface area contributed by atoms with Crippen LogP contribution in [0.3, 0.4) is 0 Å². The largest absolute Gasteiger partial charge is 0.409 e. The predicted molar refractivity (Wildman–Crippen MR) is 65.7 cm³/mol. The van der Waals surface area contributed by atoms with Crippen LogP contribution in [0.2, 0.25) is 0 Å². The van der Waals surface area contributed by atoms with Gasteiger partial charge in [0, 0.05) is 0 Å². The van der Waals surface area contributed by atoms with Crippen LogP contribution in [0, 0.1) is 5.92 Å². The summed E-state index contributed by atoms with van der Waals surface area (Å²) in [5.74, 6) is 1.08. The van der Waals surface area contributed by atoms with Gasteiger partial charge in [-0.3, -0.25) is 0 Å². The maximum Gasteiger partial charge on any atom is 0.156 e. The first kappa shape index (κ1) is 13.3. The highest BCUT2D eigenvalue weighted by molar-refractivity contribution is 5.84. The van der Waals surface area contributed by atoms with Crippen molar-refractivity contribution in [1.29, 1.82) is 0 Å². The second-order valence-electron chi connectivity index (χ2n) is 4.74. The molecule has 0 bridgehead atoms. The van der Waals surface area contributed by atoms with E-state index < -0.39 is 0 Å². The molecule has 0 aromatic carbocycles. The van der Waals surface area contributed by atoms with Crippen LogP contribution in [0.15, 0.2) is 5.16 Å². The summed E-state index contributed by atoms with van der Waals surface area (Å²) in [6, 6.07) is -0.0451. The fourth-order valence-corrected chi connectivity index (χ4v) is 2.05. The zero-order chi connectivity index (χ0) is 12.0. The van der Waals surface area contributed by atoms with Gasteiger partial charge in [-0.15, -0.1) is 0 Å². The van der Waals surface area contributed by atoms with Gasteiger partial charge in [-0.25, -0.2) is 0 Å². The van der Waals surface area contributed by atoms with Gasteiger partial charge in [-0.2, -0.15) is 0 Å². The average Bonchev–Trinajstić information content (AvgIpc) is 2.30. The van der Waals surface area contributed by atoms with Crippen LogP contribution in [0.1, 0.15) is 26.2 Å². The third kappa shape index (κ3) is 4.37. The first-order valence-electron chi connectivity index (χ1n) is 6.02. The van der Waals surface area contributed by atoms with Gasteiger partial charge in [0.2, 0.25) is 0 Å². The van der Waals surface area contributed by atoms with Crippen LogP contribution in [-0.4, -0.2) is 48.7 Å². The number of nitrogens with zero attached hydrogens (tertiary/aromatic N) is 2. The average molecular weight is 228 g/mol. The Morgan fingerprint density at radius 1 is 1.56 bits per heavy atom. The zero-order valence-electron chi connectivity index (χ0n) is 10.3. The topological polar surface area (TPSA) is 73.9 Å². The lowest BCUT2D eigenvalue weighted by molar-refractivity contribution is 0.211. The Morgan fingerprint density at radius 2 is 2.19 bits per heavy atom. The summed E-state index contributed by atoms with van der Waals surface area (Å²) in [4.78, 5) is 2.38. The third-order valence-corrected chi connectivity index (χ3v) is 3.40. The van der Waals surface area contributed by atoms with Crippen molar-refractivity contribution in [3.05, 3.63) is 0 Å². The minimum absolute atomic E-state index is 0.0451. The van der Waals surface area contributed by atoms with Crippen LogP contribution >= 0.6 is 0 Å². The van der Waals surface area contributed by atoms with E-state index in [9.17, 15) is 0 Å². The minimum Gasteiger partial charge on any atom is -0.409 e. The van der Waals surface area contributed by atoms with Crippen LogP contribution in [0.4, 0.5) is 0 Å². The van der Waals surface area contributed by atoms with Gasteiger partial charge in [0.1, 0.15) is 0 Å². The fourth-order valence-electron chi connectivity index (χ4n) is 2.05. The number of nitrogens with one attached hydrogen (secondary N) is 1. The molecule has 0 aromatic heterocycles. The summed E-state index contributed by atoms with van der Waals surface area (Å²) in [5.41, 5.74) is 5.48.